The van der Waals surface area contributed by atoms with Crippen LogP contribution in [0.25, 0.3) is 44.5 Å². The lowest BCUT2D eigenvalue weighted by Crippen LogP contribution is -2.29. The van der Waals surface area contributed by atoms with E-state index in [1.54, 1.807) is 6.20 Å². The van der Waals surface area contributed by atoms with Gasteiger partial charge >= 0.3 is 0 Å². The van der Waals surface area contributed by atoms with Gasteiger partial charge in [-0.05, 0) is 43.9 Å². The molecular weight excluding hydrogens is 436 g/mol. The minimum Gasteiger partial charge on any atom is -0.370 e. The molecule has 0 aromatic carbocycles. The molecule has 3 N–H and O–H groups in total. The maximum Gasteiger partial charge on any atom is 0.116 e. The molecule has 0 radical (unpaired) electrons. The highest BCUT2D eigenvalue weighted by atomic mass is 15.1. The Kier molecular flexibility index (Phi) is 5.41. The number of pyridine rings is 3. The van der Waals surface area contributed by atoms with Crippen LogP contribution in [0.5, 0.6) is 0 Å². The topological polar surface area (TPSA) is 98.4 Å². The van der Waals surface area contributed by atoms with Gasteiger partial charge < -0.3 is 15.2 Å². The summed E-state index contributed by atoms with van der Waals surface area (Å²) in [5, 5.41) is 13.3. The lowest BCUT2D eigenvalue weighted by atomic mass is 10.1. The van der Waals surface area contributed by atoms with Gasteiger partial charge in [-0.3, -0.25) is 20.1 Å². The van der Waals surface area contributed by atoms with Gasteiger partial charge in [0, 0.05) is 41.3 Å². The van der Waals surface area contributed by atoms with Crippen molar-refractivity contribution in [1.82, 2.24) is 30.1 Å². The molecule has 6 heterocycles. The lowest BCUT2D eigenvalue weighted by molar-refractivity contribution is 0.578. The van der Waals surface area contributed by atoms with Crippen LogP contribution in [0.3, 0.4) is 0 Å². The Balaban J connectivity index is 1.39. The molecule has 0 amide bonds. The number of nitrogens with one attached hydrogen (secondary N) is 3. The Morgan fingerprint density at radius 3 is 2.69 bits per heavy atom. The zero-order valence-electron chi connectivity index (χ0n) is 19.8. The Hall–Kier alpha value is -4.20. The molecule has 1 saturated heterocycles. The van der Waals surface area contributed by atoms with Crippen molar-refractivity contribution in [2.75, 3.05) is 23.3 Å². The number of rotatable bonds is 6. The molecule has 5 aromatic rings. The predicted molar refractivity (Wildman–Crippen MR) is 141 cm³/mol. The van der Waals surface area contributed by atoms with Gasteiger partial charge in [0.2, 0.25) is 0 Å². The summed E-state index contributed by atoms with van der Waals surface area (Å²) in [5.41, 5.74) is 8.54. The zero-order chi connectivity index (χ0) is 23.8. The number of nitrogens with zero attached hydrogens (tertiary/aromatic N) is 5. The van der Waals surface area contributed by atoms with Crippen molar-refractivity contribution in [2.45, 2.75) is 32.6 Å². The van der Waals surface area contributed by atoms with Gasteiger partial charge in [0.25, 0.3) is 0 Å². The SMILES string of the molecule is C=C(CC)Nc1cncc(-c2cc3c(-c4cc5c(N6CCCCC6)cncc5[nH]4)n[nH]c3cn2)c1. The maximum atomic E-state index is 4.65. The number of hydrogen-bond donors (Lipinski definition) is 3. The summed E-state index contributed by atoms with van der Waals surface area (Å²) < 4.78 is 0. The third kappa shape index (κ3) is 4.01. The fourth-order valence-electron chi connectivity index (χ4n) is 4.77. The van der Waals surface area contributed by atoms with Crippen LogP contribution in [0, 0.1) is 0 Å². The predicted octanol–water partition coefficient (Wildman–Crippen LogP) is 5.89. The van der Waals surface area contributed by atoms with E-state index in [-0.39, 0.29) is 0 Å². The quantitative estimate of drug-likeness (QED) is 0.290. The number of H-pyrrole nitrogens is 2. The van der Waals surface area contributed by atoms with E-state index in [9.17, 15) is 0 Å². The van der Waals surface area contributed by atoms with Gasteiger partial charge in [-0.25, -0.2) is 0 Å². The van der Waals surface area contributed by atoms with Gasteiger partial charge in [0.15, 0.2) is 0 Å². The molecule has 0 atom stereocenters. The minimum absolute atomic E-state index is 0.838. The first-order valence-electron chi connectivity index (χ1n) is 12.2. The highest BCUT2D eigenvalue weighted by molar-refractivity contribution is 6.00. The van der Waals surface area contributed by atoms with Crippen molar-refractivity contribution in [3.63, 3.8) is 0 Å². The summed E-state index contributed by atoms with van der Waals surface area (Å²) in [7, 11) is 0. The summed E-state index contributed by atoms with van der Waals surface area (Å²) in [6.07, 6.45) is 13.9. The van der Waals surface area contributed by atoms with Crippen molar-refractivity contribution in [3.8, 4) is 22.6 Å². The Morgan fingerprint density at radius 1 is 0.971 bits per heavy atom. The molecule has 1 aliphatic heterocycles. The van der Waals surface area contributed by atoms with E-state index in [1.807, 2.05) is 30.9 Å². The zero-order valence-corrected chi connectivity index (χ0v) is 19.8. The minimum atomic E-state index is 0.838. The molecule has 1 aliphatic rings. The van der Waals surface area contributed by atoms with Crippen LogP contribution in [0.4, 0.5) is 11.4 Å². The van der Waals surface area contributed by atoms with Gasteiger partial charge in [-0.15, -0.1) is 0 Å². The number of aromatic nitrogens is 6. The van der Waals surface area contributed by atoms with Gasteiger partial charge in [0.05, 0.1) is 58.6 Å². The second kappa shape index (κ2) is 8.87. The fraction of sp³-hybridized carbons (Fsp3) is 0.259. The molecule has 6 rings (SSSR count). The largest absolute Gasteiger partial charge is 0.370 e. The molecule has 35 heavy (non-hydrogen) atoms. The summed E-state index contributed by atoms with van der Waals surface area (Å²) in [6.45, 7) is 8.25. The highest BCUT2D eigenvalue weighted by Crippen LogP contribution is 2.34. The first kappa shape index (κ1) is 21.3. The molecule has 0 aliphatic carbocycles. The number of allylic oxidation sites excluding steroid dienone is 1. The van der Waals surface area contributed by atoms with Crippen LogP contribution in [0.15, 0.2) is 61.5 Å². The van der Waals surface area contributed by atoms with Crippen LogP contribution in [-0.4, -0.2) is 43.2 Å². The molecule has 1 fully saturated rings. The second-order valence-corrected chi connectivity index (χ2v) is 9.08. The third-order valence-electron chi connectivity index (χ3n) is 6.71. The normalized spacial score (nSPS) is 14.0. The van der Waals surface area contributed by atoms with Crippen molar-refractivity contribution in [2.24, 2.45) is 0 Å². The molecular formula is C27H28N8. The summed E-state index contributed by atoms with van der Waals surface area (Å²) in [5.74, 6) is 0. The van der Waals surface area contributed by atoms with Crippen LogP contribution in [-0.2, 0) is 0 Å². The van der Waals surface area contributed by atoms with E-state index in [4.69, 9.17) is 0 Å². The molecule has 0 unspecified atom stereocenters. The average Bonchev–Trinajstić information content (AvgIpc) is 3.53. The Bertz CT molecular complexity index is 1520. The molecule has 0 saturated carbocycles. The van der Waals surface area contributed by atoms with Crippen molar-refractivity contribution in [1.29, 1.82) is 0 Å². The molecule has 8 nitrogen and oxygen atoms in total. The van der Waals surface area contributed by atoms with Crippen molar-refractivity contribution in [3.05, 3.63) is 61.5 Å². The van der Waals surface area contributed by atoms with E-state index in [0.717, 1.165) is 70.0 Å². The molecule has 0 bridgehead atoms. The number of anilines is 2. The number of aromatic amines is 2. The van der Waals surface area contributed by atoms with Crippen LogP contribution in [0.2, 0.25) is 0 Å². The molecule has 8 heteroatoms. The monoisotopic (exact) mass is 464 g/mol. The van der Waals surface area contributed by atoms with Crippen LogP contribution >= 0.6 is 0 Å². The second-order valence-electron chi connectivity index (χ2n) is 9.08. The molecule has 5 aromatic heterocycles. The first-order chi connectivity index (χ1) is 17.2. The summed E-state index contributed by atoms with van der Waals surface area (Å²) in [6, 6.07) is 6.30. The number of piperidine rings is 1. The molecule has 0 spiro atoms. The summed E-state index contributed by atoms with van der Waals surface area (Å²) >= 11 is 0. The summed E-state index contributed by atoms with van der Waals surface area (Å²) in [4.78, 5) is 19.5. The standard InChI is InChI=1S/C27H28N8/c1-3-17(2)31-19-9-18(12-28-13-19)22-11-21-25(15-30-22)33-34-27(21)23-10-20-24(32-23)14-29-16-26(20)35-7-5-4-6-8-35/h9-16,31-32H,2-8H2,1H3,(H,33,34). The highest BCUT2D eigenvalue weighted by Gasteiger charge is 2.18. The first-order valence-corrected chi connectivity index (χ1v) is 12.2. The average molecular weight is 465 g/mol. The number of hydrogen-bond acceptors (Lipinski definition) is 6. The number of fused-ring (bicyclic) bond motifs is 2. The van der Waals surface area contributed by atoms with E-state index in [1.165, 1.54) is 30.3 Å². The van der Waals surface area contributed by atoms with E-state index in [0.29, 0.717) is 0 Å². The maximum absolute atomic E-state index is 4.65. The van der Waals surface area contributed by atoms with Crippen LogP contribution < -0.4 is 10.2 Å². The molecule has 176 valence electrons. The van der Waals surface area contributed by atoms with Gasteiger partial charge in [-0.2, -0.15) is 5.10 Å². The Labute approximate surface area is 203 Å². The van der Waals surface area contributed by atoms with Crippen LogP contribution in [0.1, 0.15) is 32.6 Å². The smallest absolute Gasteiger partial charge is 0.116 e. The van der Waals surface area contributed by atoms with Gasteiger partial charge in [-0.1, -0.05) is 13.5 Å². The Morgan fingerprint density at radius 2 is 1.83 bits per heavy atom. The third-order valence-corrected chi connectivity index (χ3v) is 6.71. The lowest BCUT2D eigenvalue weighted by Gasteiger charge is -2.28. The van der Waals surface area contributed by atoms with Gasteiger partial charge in [0.1, 0.15) is 5.69 Å². The van der Waals surface area contributed by atoms with Crippen molar-refractivity contribution < 1.29 is 0 Å². The van der Waals surface area contributed by atoms with E-state index in [2.05, 4.69) is 66.0 Å². The van der Waals surface area contributed by atoms with Crippen molar-refractivity contribution >= 4 is 33.2 Å². The van der Waals surface area contributed by atoms with E-state index < -0.39 is 0 Å². The van der Waals surface area contributed by atoms with E-state index >= 15 is 0 Å². The fourth-order valence-corrected chi connectivity index (χ4v) is 4.77.